The van der Waals surface area contributed by atoms with Gasteiger partial charge < -0.3 is 15.3 Å². The number of aliphatic hydroxyl groups is 1. The normalized spacial score (nSPS) is 21.5. The van der Waals surface area contributed by atoms with Crippen LogP contribution in [-0.2, 0) is 4.79 Å². The second-order valence-electron chi connectivity index (χ2n) is 2.83. The molecule has 0 spiro atoms. The van der Waals surface area contributed by atoms with E-state index in [1.807, 2.05) is 0 Å². The number of carbonyl (C=O) groups excluding carboxylic acids is 1. The molecule has 0 aromatic carbocycles. The van der Waals surface area contributed by atoms with Gasteiger partial charge in [-0.15, -0.1) is 0 Å². The molecule has 0 radical (unpaired) electrons. The minimum atomic E-state index is -1.12. The van der Waals surface area contributed by atoms with E-state index < -0.39 is 5.60 Å². The average molecular weight is 144 g/mol. The Hall–Kier alpha value is -0.610. The molecule has 1 amide bonds. The molecule has 0 bridgehead atoms. The second kappa shape index (κ2) is 2.21. The number of carbonyl (C=O) groups is 1. The van der Waals surface area contributed by atoms with Gasteiger partial charge in [0.25, 0.3) is 5.91 Å². The summed E-state index contributed by atoms with van der Waals surface area (Å²) in [6.07, 6.45) is 0. The number of likely N-dealkylation sites (N-methyl/N-ethyl adjacent to an activating group) is 1. The smallest absolute Gasteiger partial charge is 0.256 e. The molecule has 0 atom stereocenters. The molecular weight excluding hydrogens is 132 g/mol. The summed E-state index contributed by atoms with van der Waals surface area (Å²) < 4.78 is 0. The topological polar surface area (TPSA) is 52.6 Å². The van der Waals surface area contributed by atoms with Crippen molar-refractivity contribution in [3.8, 4) is 0 Å². The summed E-state index contributed by atoms with van der Waals surface area (Å²) >= 11 is 0. The minimum Gasteiger partial charge on any atom is -0.377 e. The first-order chi connectivity index (χ1) is 4.56. The minimum absolute atomic E-state index is 0.216. The molecule has 1 fully saturated rings. The van der Waals surface area contributed by atoms with Crippen LogP contribution < -0.4 is 5.32 Å². The van der Waals surface area contributed by atoms with Crippen LogP contribution in [-0.4, -0.2) is 48.7 Å². The first kappa shape index (κ1) is 7.50. The molecule has 0 saturated carbocycles. The highest BCUT2D eigenvalue weighted by Crippen LogP contribution is 2.12. The lowest BCUT2D eigenvalue weighted by Crippen LogP contribution is -2.66. The van der Waals surface area contributed by atoms with Crippen molar-refractivity contribution < 1.29 is 9.90 Å². The van der Waals surface area contributed by atoms with Crippen molar-refractivity contribution in [1.82, 2.24) is 10.2 Å². The lowest BCUT2D eigenvalue weighted by molar-refractivity contribution is -0.153. The van der Waals surface area contributed by atoms with Gasteiger partial charge in [-0.05, 0) is 0 Å². The number of nitrogens with one attached hydrogen (secondary N) is 1. The number of β-amino-alcohol motifs (C(OH)–C–C–N with tert-alkyl or cyclic N) is 1. The number of amides is 1. The van der Waals surface area contributed by atoms with E-state index >= 15 is 0 Å². The predicted molar refractivity (Wildman–Crippen MR) is 36.5 cm³/mol. The molecule has 1 saturated heterocycles. The highest BCUT2D eigenvalue weighted by atomic mass is 16.3. The van der Waals surface area contributed by atoms with E-state index in [1.54, 1.807) is 14.1 Å². The van der Waals surface area contributed by atoms with Crippen molar-refractivity contribution in [3.05, 3.63) is 0 Å². The van der Waals surface area contributed by atoms with Crippen LogP contribution in [0.1, 0.15) is 0 Å². The molecule has 1 heterocycles. The molecule has 2 N–H and O–H groups in total. The van der Waals surface area contributed by atoms with Gasteiger partial charge in [0.2, 0.25) is 0 Å². The summed E-state index contributed by atoms with van der Waals surface area (Å²) in [5.74, 6) is -0.216. The van der Waals surface area contributed by atoms with Gasteiger partial charge in [-0.3, -0.25) is 4.79 Å². The van der Waals surface area contributed by atoms with Crippen molar-refractivity contribution in [2.75, 3.05) is 27.2 Å². The van der Waals surface area contributed by atoms with Gasteiger partial charge in [-0.1, -0.05) is 0 Å². The van der Waals surface area contributed by atoms with Crippen molar-refractivity contribution in [1.29, 1.82) is 0 Å². The number of hydrogen-bond donors (Lipinski definition) is 2. The fourth-order valence-corrected chi connectivity index (χ4v) is 0.929. The Labute approximate surface area is 59.8 Å². The molecule has 1 aliphatic heterocycles. The summed E-state index contributed by atoms with van der Waals surface area (Å²) in [7, 11) is 3.28. The Kier molecular flexibility index (Phi) is 1.66. The van der Waals surface area contributed by atoms with Crippen molar-refractivity contribution in [3.63, 3.8) is 0 Å². The largest absolute Gasteiger partial charge is 0.377 e. The fourth-order valence-electron chi connectivity index (χ4n) is 0.929. The lowest BCUT2D eigenvalue weighted by Gasteiger charge is -2.37. The van der Waals surface area contributed by atoms with Gasteiger partial charge >= 0.3 is 0 Å². The van der Waals surface area contributed by atoms with Crippen molar-refractivity contribution >= 4 is 5.91 Å². The van der Waals surface area contributed by atoms with E-state index in [4.69, 9.17) is 0 Å². The van der Waals surface area contributed by atoms with Crippen LogP contribution in [0.2, 0.25) is 0 Å². The maximum atomic E-state index is 11.1. The van der Waals surface area contributed by atoms with Crippen molar-refractivity contribution in [2.45, 2.75) is 5.60 Å². The molecule has 58 valence electrons. The zero-order valence-corrected chi connectivity index (χ0v) is 6.22. The van der Waals surface area contributed by atoms with Gasteiger partial charge in [0.05, 0.1) is 0 Å². The van der Waals surface area contributed by atoms with Crippen molar-refractivity contribution in [2.24, 2.45) is 0 Å². The Bertz CT molecular complexity index is 152. The van der Waals surface area contributed by atoms with Crippen LogP contribution in [0, 0.1) is 0 Å². The van der Waals surface area contributed by atoms with Gasteiger partial charge in [0.15, 0.2) is 5.60 Å². The van der Waals surface area contributed by atoms with E-state index in [0.717, 1.165) is 0 Å². The molecule has 0 aromatic rings. The Morgan fingerprint density at radius 1 is 1.60 bits per heavy atom. The maximum Gasteiger partial charge on any atom is 0.256 e. The van der Waals surface area contributed by atoms with Gasteiger partial charge in [-0.25, -0.2) is 0 Å². The van der Waals surface area contributed by atoms with Gasteiger partial charge in [0, 0.05) is 27.2 Å². The third kappa shape index (κ3) is 0.998. The monoisotopic (exact) mass is 144 g/mol. The first-order valence-corrected chi connectivity index (χ1v) is 3.21. The van der Waals surface area contributed by atoms with Crippen LogP contribution >= 0.6 is 0 Å². The number of rotatable bonds is 1. The first-order valence-electron chi connectivity index (χ1n) is 3.21. The number of hydrogen-bond acceptors (Lipinski definition) is 3. The van der Waals surface area contributed by atoms with Crippen LogP contribution in [0.3, 0.4) is 0 Å². The SMILES string of the molecule is CN(C)C(=O)C1(O)CNC1. The standard InChI is InChI=1S/C6H12N2O2/c1-8(2)5(9)6(10)3-7-4-6/h7,10H,3-4H2,1-2H3. The fraction of sp³-hybridized carbons (Fsp3) is 0.833. The Morgan fingerprint density at radius 2 is 2.10 bits per heavy atom. The molecule has 1 aliphatic rings. The van der Waals surface area contributed by atoms with E-state index in [9.17, 15) is 9.90 Å². The average Bonchev–Trinajstić information content (AvgIpc) is 1.81. The molecule has 0 unspecified atom stereocenters. The molecule has 0 aromatic heterocycles. The van der Waals surface area contributed by atoms with Gasteiger partial charge in [0.1, 0.15) is 0 Å². The summed E-state index contributed by atoms with van der Waals surface area (Å²) in [5, 5.41) is 12.2. The molecule has 4 nitrogen and oxygen atoms in total. The van der Waals surface area contributed by atoms with E-state index in [1.165, 1.54) is 4.90 Å². The summed E-state index contributed by atoms with van der Waals surface area (Å²) in [4.78, 5) is 12.5. The Morgan fingerprint density at radius 3 is 2.20 bits per heavy atom. The van der Waals surface area contributed by atoms with Crippen LogP contribution in [0.15, 0.2) is 0 Å². The third-order valence-corrected chi connectivity index (χ3v) is 1.64. The van der Waals surface area contributed by atoms with Crippen LogP contribution in [0.25, 0.3) is 0 Å². The predicted octanol–water partition coefficient (Wildman–Crippen LogP) is -1.59. The molecule has 10 heavy (non-hydrogen) atoms. The molecular formula is C6H12N2O2. The highest BCUT2D eigenvalue weighted by Gasteiger charge is 2.42. The maximum absolute atomic E-state index is 11.1. The number of nitrogens with zero attached hydrogens (tertiary/aromatic N) is 1. The summed E-state index contributed by atoms with van der Waals surface area (Å²) in [6, 6.07) is 0. The van der Waals surface area contributed by atoms with Gasteiger partial charge in [-0.2, -0.15) is 0 Å². The summed E-state index contributed by atoms with van der Waals surface area (Å²) in [6.45, 7) is 0.758. The lowest BCUT2D eigenvalue weighted by atomic mass is 9.96. The van der Waals surface area contributed by atoms with E-state index in [0.29, 0.717) is 13.1 Å². The van der Waals surface area contributed by atoms with Crippen LogP contribution in [0.5, 0.6) is 0 Å². The Balaban J connectivity index is 2.55. The molecule has 4 heteroatoms. The third-order valence-electron chi connectivity index (χ3n) is 1.64. The zero-order chi connectivity index (χ0) is 7.78. The second-order valence-corrected chi connectivity index (χ2v) is 2.83. The molecule has 0 aliphatic carbocycles. The van der Waals surface area contributed by atoms with E-state index in [-0.39, 0.29) is 5.91 Å². The zero-order valence-electron chi connectivity index (χ0n) is 6.22. The van der Waals surface area contributed by atoms with Crippen LogP contribution in [0.4, 0.5) is 0 Å². The van der Waals surface area contributed by atoms with E-state index in [2.05, 4.69) is 5.32 Å². The highest BCUT2D eigenvalue weighted by molar-refractivity contribution is 5.86. The quantitative estimate of drug-likeness (QED) is 0.466. The molecule has 1 rings (SSSR count). The summed E-state index contributed by atoms with van der Waals surface area (Å²) in [5.41, 5.74) is -1.12.